The molecule has 2 rings (SSSR count). The van der Waals surface area contributed by atoms with E-state index in [0.29, 0.717) is 11.3 Å². The average Bonchev–Trinajstić information content (AvgIpc) is 2.53. The van der Waals surface area contributed by atoms with E-state index in [1.165, 1.54) is 0 Å². The summed E-state index contributed by atoms with van der Waals surface area (Å²) in [5.74, 6) is -0.264. The Kier molecular flexibility index (Phi) is 5.95. The van der Waals surface area contributed by atoms with Gasteiger partial charge in [-0.25, -0.2) is 0 Å². The molecule has 0 aromatic heterocycles. The molecule has 0 aliphatic rings. The van der Waals surface area contributed by atoms with Crippen molar-refractivity contribution in [2.75, 3.05) is 17.2 Å². The van der Waals surface area contributed by atoms with Gasteiger partial charge < -0.3 is 16.0 Å². The van der Waals surface area contributed by atoms with Gasteiger partial charge in [-0.05, 0) is 62.7 Å². The third kappa shape index (κ3) is 5.43. The fourth-order valence-corrected chi connectivity index (χ4v) is 2.19. The van der Waals surface area contributed by atoms with Gasteiger partial charge in [0.2, 0.25) is 5.91 Å². The van der Waals surface area contributed by atoms with Crippen molar-refractivity contribution >= 4 is 23.2 Å². The molecule has 0 aliphatic carbocycles. The van der Waals surface area contributed by atoms with E-state index < -0.39 is 0 Å². The lowest BCUT2D eigenvalue weighted by Gasteiger charge is -2.10. The topological polar surface area (TPSA) is 70.2 Å². The molecule has 0 saturated heterocycles. The third-order valence-corrected chi connectivity index (χ3v) is 3.32. The summed E-state index contributed by atoms with van der Waals surface area (Å²) in [5.41, 5.74) is 3.27. The summed E-state index contributed by atoms with van der Waals surface area (Å²) in [6.45, 7) is 6.00. The van der Waals surface area contributed by atoms with Crippen molar-refractivity contribution in [1.29, 1.82) is 0 Å². The van der Waals surface area contributed by atoms with Gasteiger partial charge >= 0.3 is 0 Å². The van der Waals surface area contributed by atoms with E-state index in [1.807, 2.05) is 45.0 Å². The molecule has 0 unspecified atom stereocenters. The molecule has 126 valence electrons. The summed E-state index contributed by atoms with van der Waals surface area (Å²) >= 11 is 0. The van der Waals surface area contributed by atoms with Crippen molar-refractivity contribution in [2.24, 2.45) is 0 Å². The van der Waals surface area contributed by atoms with Gasteiger partial charge in [0.25, 0.3) is 5.91 Å². The van der Waals surface area contributed by atoms with Crippen LogP contribution in [0, 0.1) is 6.92 Å². The van der Waals surface area contributed by atoms with E-state index in [9.17, 15) is 9.59 Å². The Labute approximate surface area is 142 Å². The molecule has 0 heterocycles. The fraction of sp³-hybridized carbons (Fsp3) is 0.263. The average molecular weight is 325 g/mol. The quantitative estimate of drug-likeness (QED) is 0.764. The standard InChI is InChI=1S/C19H23N3O2/c1-13(2)21-19(24)15-7-9-16(10-8-15)22-18(23)12-20-17-6-4-5-14(3)11-17/h4-11,13,20H,12H2,1-3H3,(H,21,24)(H,22,23). The predicted octanol–water partition coefficient (Wildman–Crippen LogP) is 3.18. The Balaban J connectivity index is 1.86. The van der Waals surface area contributed by atoms with Crippen molar-refractivity contribution in [3.8, 4) is 0 Å². The molecule has 3 N–H and O–H groups in total. The summed E-state index contributed by atoms with van der Waals surface area (Å²) < 4.78 is 0. The maximum atomic E-state index is 12.0. The first kappa shape index (κ1) is 17.5. The lowest BCUT2D eigenvalue weighted by Crippen LogP contribution is -2.30. The highest BCUT2D eigenvalue weighted by molar-refractivity contribution is 5.96. The number of hydrogen-bond acceptors (Lipinski definition) is 3. The zero-order valence-electron chi connectivity index (χ0n) is 14.2. The number of hydrogen-bond donors (Lipinski definition) is 3. The van der Waals surface area contributed by atoms with E-state index in [0.717, 1.165) is 11.3 Å². The van der Waals surface area contributed by atoms with Gasteiger partial charge in [-0.15, -0.1) is 0 Å². The van der Waals surface area contributed by atoms with E-state index >= 15 is 0 Å². The molecule has 5 nitrogen and oxygen atoms in total. The van der Waals surface area contributed by atoms with Crippen LogP contribution in [0.3, 0.4) is 0 Å². The second-order valence-electron chi connectivity index (χ2n) is 5.98. The summed E-state index contributed by atoms with van der Waals surface area (Å²) in [6.07, 6.45) is 0. The van der Waals surface area contributed by atoms with Crippen molar-refractivity contribution in [3.63, 3.8) is 0 Å². The van der Waals surface area contributed by atoms with Gasteiger partial charge in [0.05, 0.1) is 6.54 Å². The van der Waals surface area contributed by atoms with Crippen LogP contribution in [0.15, 0.2) is 48.5 Å². The number of anilines is 2. The third-order valence-electron chi connectivity index (χ3n) is 3.32. The number of carbonyl (C=O) groups excluding carboxylic acids is 2. The summed E-state index contributed by atoms with van der Waals surface area (Å²) in [4.78, 5) is 23.8. The number of benzene rings is 2. The van der Waals surface area contributed by atoms with Crippen molar-refractivity contribution in [2.45, 2.75) is 26.8 Å². The molecule has 24 heavy (non-hydrogen) atoms. The Bertz CT molecular complexity index is 709. The van der Waals surface area contributed by atoms with E-state index in [-0.39, 0.29) is 24.4 Å². The Hall–Kier alpha value is -2.82. The minimum absolute atomic E-state index is 0.0876. The molecule has 0 bridgehead atoms. The summed E-state index contributed by atoms with van der Waals surface area (Å²) in [7, 11) is 0. The summed E-state index contributed by atoms with van der Waals surface area (Å²) in [5, 5.41) is 8.71. The largest absolute Gasteiger partial charge is 0.376 e. The SMILES string of the molecule is Cc1cccc(NCC(=O)Nc2ccc(C(=O)NC(C)C)cc2)c1. The Morgan fingerprint density at radius 1 is 1.00 bits per heavy atom. The monoisotopic (exact) mass is 325 g/mol. The Morgan fingerprint density at radius 3 is 2.33 bits per heavy atom. The number of amides is 2. The molecule has 0 fully saturated rings. The lowest BCUT2D eigenvalue weighted by atomic mass is 10.2. The highest BCUT2D eigenvalue weighted by Gasteiger charge is 2.07. The zero-order valence-corrected chi connectivity index (χ0v) is 14.2. The van der Waals surface area contributed by atoms with E-state index in [4.69, 9.17) is 0 Å². The normalized spacial score (nSPS) is 10.3. The molecular formula is C19H23N3O2. The Morgan fingerprint density at radius 2 is 1.71 bits per heavy atom. The van der Waals surface area contributed by atoms with Crippen molar-refractivity contribution < 1.29 is 9.59 Å². The van der Waals surface area contributed by atoms with Crippen LogP contribution in [0.25, 0.3) is 0 Å². The molecule has 0 aliphatic heterocycles. The zero-order chi connectivity index (χ0) is 17.5. The number of nitrogens with one attached hydrogen (secondary N) is 3. The van der Waals surface area contributed by atoms with Crippen LogP contribution in [0.2, 0.25) is 0 Å². The van der Waals surface area contributed by atoms with Crippen molar-refractivity contribution in [1.82, 2.24) is 5.32 Å². The van der Waals surface area contributed by atoms with Crippen molar-refractivity contribution in [3.05, 3.63) is 59.7 Å². The van der Waals surface area contributed by atoms with Gasteiger partial charge in [0, 0.05) is 23.0 Å². The van der Waals surface area contributed by atoms with Crippen LogP contribution < -0.4 is 16.0 Å². The summed E-state index contributed by atoms with van der Waals surface area (Å²) in [6, 6.07) is 14.8. The van der Waals surface area contributed by atoms with E-state index in [2.05, 4.69) is 16.0 Å². The van der Waals surface area contributed by atoms with Crippen LogP contribution in [-0.4, -0.2) is 24.4 Å². The molecule has 2 amide bonds. The molecule has 5 heteroatoms. The second-order valence-corrected chi connectivity index (χ2v) is 5.98. The van der Waals surface area contributed by atoms with Crippen LogP contribution in [-0.2, 0) is 4.79 Å². The van der Waals surface area contributed by atoms with Crippen LogP contribution >= 0.6 is 0 Å². The lowest BCUT2D eigenvalue weighted by molar-refractivity contribution is -0.114. The number of carbonyl (C=O) groups is 2. The van der Waals surface area contributed by atoms with Gasteiger partial charge in [-0.1, -0.05) is 12.1 Å². The maximum absolute atomic E-state index is 12.0. The molecule has 0 spiro atoms. The van der Waals surface area contributed by atoms with E-state index in [1.54, 1.807) is 24.3 Å². The molecule has 2 aromatic rings. The van der Waals surface area contributed by atoms with Gasteiger partial charge in [-0.3, -0.25) is 9.59 Å². The molecule has 0 radical (unpaired) electrons. The smallest absolute Gasteiger partial charge is 0.251 e. The van der Waals surface area contributed by atoms with Gasteiger partial charge in [0.15, 0.2) is 0 Å². The molecule has 0 saturated carbocycles. The molecule has 0 atom stereocenters. The van der Waals surface area contributed by atoms with Gasteiger partial charge in [0.1, 0.15) is 0 Å². The second kappa shape index (κ2) is 8.15. The first-order valence-corrected chi connectivity index (χ1v) is 7.95. The number of rotatable bonds is 6. The fourth-order valence-electron chi connectivity index (χ4n) is 2.19. The van der Waals surface area contributed by atoms with Crippen LogP contribution in [0.4, 0.5) is 11.4 Å². The highest BCUT2D eigenvalue weighted by Crippen LogP contribution is 2.11. The van der Waals surface area contributed by atoms with Gasteiger partial charge in [-0.2, -0.15) is 0 Å². The maximum Gasteiger partial charge on any atom is 0.251 e. The minimum atomic E-state index is -0.143. The van der Waals surface area contributed by atoms with Crippen LogP contribution in [0.5, 0.6) is 0 Å². The highest BCUT2D eigenvalue weighted by atomic mass is 16.2. The molecular weight excluding hydrogens is 302 g/mol. The minimum Gasteiger partial charge on any atom is -0.376 e. The predicted molar refractivity (Wildman–Crippen MR) is 97.3 cm³/mol. The number of aryl methyl sites for hydroxylation is 1. The van der Waals surface area contributed by atoms with Crippen LogP contribution in [0.1, 0.15) is 29.8 Å². The molecule has 2 aromatic carbocycles. The first-order valence-electron chi connectivity index (χ1n) is 7.95. The first-order chi connectivity index (χ1) is 11.4.